The van der Waals surface area contributed by atoms with E-state index in [1.54, 1.807) is 0 Å². The fraction of sp³-hybridized carbons (Fsp3) is 1.00. The molecular weight excluding hydrogens is 188 g/mol. The highest BCUT2D eigenvalue weighted by Gasteiger charge is 2.38. The monoisotopic (exact) mass is 214 g/mol. The minimum absolute atomic E-state index is 0.00196. The molecule has 1 aliphatic rings. The zero-order valence-corrected chi connectivity index (χ0v) is 11.1. The molecule has 1 aliphatic carbocycles. The maximum atomic E-state index is 5.76. The lowest BCUT2D eigenvalue weighted by atomic mass is 10.2. The third kappa shape index (κ3) is 6.16. The molecule has 0 amide bonds. The highest BCUT2D eigenvalue weighted by Crippen LogP contribution is 2.40. The van der Waals surface area contributed by atoms with Crippen LogP contribution in [-0.4, -0.2) is 24.4 Å². The molecule has 0 heterocycles. The van der Waals surface area contributed by atoms with Gasteiger partial charge in [0.1, 0.15) is 0 Å². The predicted molar refractivity (Wildman–Crippen MR) is 63.0 cm³/mol. The molecule has 2 nitrogen and oxygen atoms in total. The van der Waals surface area contributed by atoms with E-state index in [9.17, 15) is 0 Å². The van der Waals surface area contributed by atoms with E-state index in [4.69, 9.17) is 9.47 Å². The Balaban J connectivity index is 2.08. The highest BCUT2D eigenvalue weighted by molar-refractivity contribution is 4.87. The lowest BCUT2D eigenvalue weighted by Crippen LogP contribution is -2.22. The van der Waals surface area contributed by atoms with Crippen LogP contribution >= 0.6 is 0 Å². The first-order valence-electron chi connectivity index (χ1n) is 5.95. The summed E-state index contributed by atoms with van der Waals surface area (Å²) in [7, 11) is 0. The fourth-order valence-electron chi connectivity index (χ4n) is 1.43. The molecule has 0 unspecified atom stereocenters. The van der Waals surface area contributed by atoms with Gasteiger partial charge >= 0.3 is 0 Å². The molecule has 0 spiro atoms. The Morgan fingerprint density at radius 3 is 1.40 bits per heavy atom. The van der Waals surface area contributed by atoms with Gasteiger partial charge in [-0.15, -0.1) is 0 Å². The lowest BCUT2D eigenvalue weighted by Gasteiger charge is -2.21. The minimum atomic E-state index is -0.00196. The maximum Gasteiger partial charge on any atom is 0.0598 e. The van der Waals surface area contributed by atoms with Crippen molar-refractivity contribution in [3.8, 4) is 0 Å². The van der Waals surface area contributed by atoms with Crippen molar-refractivity contribution in [3.63, 3.8) is 0 Å². The van der Waals surface area contributed by atoms with Crippen molar-refractivity contribution < 1.29 is 9.47 Å². The SMILES string of the molecule is CC(C)(C)OC[C@@H]1C[C@H]1COC(C)(C)C. The molecule has 2 atom stereocenters. The lowest BCUT2D eigenvalue weighted by molar-refractivity contribution is -0.0268. The first-order valence-corrected chi connectivity index (χ1v) is 5.95. The molecule has 1 fully saturated rings. The Bertz CT molecular complexity index is 176. The van der Waals surface area contributed by atoms with Gasteiger partial charge in [-0.25, -0.2) is 0 Å². The summed E-state index contributed by atoms with van der Waals surface area (Å²) in [6.45, 7) is 14.4. The van der Waals surface area contributed by atoms with Gasteiger partial charge in [0.25, 0.3) is 0 Å². The maximum absolute atomic E-state index is 5.76. The largest absolute Gasteiger partial charge is 0.376 e. The Hall–Kier alpha value is -0.0800. The van der Waals surface area contributed by atoms with Crippen molar-refractivity contribution in [3.05, 3.63) is 0 Å². The molecule has 1 rings (SSSR count). The van der Waals surface area contributed by atoms with Crippen LogP contribution in [0.15, 0.2) is 0 Å². The second kappa shape index (κ2) is 4.42. The first kappa shape index (κ1) is 13.0. The van der Waals surface area contributed by atoms with Gasteiger partial charge in [-0.3, -0.25) is 0 Å². The van der Waals surface area contributed by atoms with E-state index in [0.29, 0.717) is 0 Å². The molecule has 0 N–H and O–H groups in total. The van der Waals surface area contributed by atoms with E-state index in [2.05, 4.69) is 41.5 Å². The van der Waals surface area contributed by atoms with Crippen molar-refractivity contribution >= 4 is 0 Å². The average molecular weight is 214 g/mol. The van der Waals surface area contributed by atoms with Gasteiger partial charge in [-0.05, 0) is 59.8 Å². The summed E-state index contributed by atoms with van der Waals surface area (Å²) >= 11 is 0. The topological polar surface area (TPSA) is 18.5 Å². The number of rotatable bonds is 4. The van der Waals surface area contributed by atoms with Gasteiger partial charge in [-0.2, -0.15) is 0 Å². The van der Waals surface area contributed by atoms with Crippen LogP contribution < -0.4 is 0 Å². The van der Waals surface area contributed by atoms with Crippen LogP contribution in [0.5, 0.6) is 0 Å². The van der Waals surface area contributed by atoms with Crippen molar-refractivity contribution in [1.29, 1.82) is 0 Å². The van der Waals surface area contributed by atoms with E-state index >= 15 is 0 Å². The van der Waals surface area contributed by atoms with Crippen molar-refractivity contribution in [1.82, 2.24) is 0 Å². The molecule has 1 saturated carbocycles. The Morgan fingerprint density at radius 1 is 0.800 bits per heavy atom. The molecule has 0 aromatic heterocycles. The molecule has 90 valence electrons. The van der Waals surface area contributed by atoms with Crippen LogP contribution in [0.1, 0.15) is 48.0 Å². The summed E-state index contributed by atoms with van der Waals surface area (Å²) in [6.07, 6.45) is 1.27. The third-order valence-electron chi connectivity index (χ3n) is 2.53. The van der Waals surface area contributed by atoms with E-state index in [0.717, 1.165) is 25.0 Å². The van der Waals surface area contributed by atoms with Gasteiger partial charge in [0.2, 0.25) is 0 Å². The third-order valence-corrected chi connectivity index (χ3v) is 2.53. The van der Waals surface area contributed by atoms with Gasteiger partial charge in [0.05, 0.1) is 24.4 Å². The van der Waals surface area contributed by atoms with Gasteiger partial charge in [-0.1, -0.05) is 0 Å². The van der Waals surface area contributed by atoms with E-state index < -0.39 is 0 Å². The van der Waals surface area contributed by atoms with Crippen molar-refractivity contribution in [2.45, 2.75) is 59.2 Å². The molecule has 15 heavy (non-hydrogen) atoms. The smallest absolute Gasteiger partial charge is 0.0598 e. The number of hydrogen-bond donors (Lipinski definition) is 0. The summed E-state index contributed by atoms with van der Waals surface area (Å²) < 4.78 is 11.5. The quantitative estimate of drug-likeness (QED) is 0.715. The van der Waals surface area contributed by atoms with Crippen molar-refractivity contribution in [2.75, 3.05) is 13.2 Å². The van der Waals surface area contributed by atoms with E-state index in [1.807, 2.05) is 0 Å². The molecular formula is C13H26O2. The molecule has 0 radical (unpaired) electrons. The number of ether oxygens (including phenoxy) is 2. The zero-order valence-electron chi connectivity index (χ0n) is 11.1. The summed E-state index contributed by atoms with van der Waals surface area (Å²) in [4.78, 5) is 0. The standard InChI is InChI=1S/C13H26O2/c1-12(2,3)14-8-10-7-11(10)9-15-13(4,5)6/h10-11H,7-9H2,1-6H3/t10-,11-/m0/s1. The molecule has 2 heteroatoms. The van der Waals surface area contributed by atoms with Crippen LogP contribution in [0.3, 0.4) is 0 Å². The average Bonchev–Trinajstić information content (AvgIpc) is 2.73. The van der Waals surface area contributed by atoms with Gasteiger partial charge < -0.3 is 9.47 Å². The van der Waals surface area contributed by atoms with Crippen LogP contribution in [-0.2, 0) is 9.47 Å². The highest BCUT2D eigenvalue weighted by atomic mass is 16.5. The summed E-state index contributed by atoms with van der Waals surface area (Å²) in [5.41, 5.74) is -0.00392. The summed E-state index contributed by atoms with van der Waals surface area (Å²) in [5.74, 6) is 1.46. The fourth-order valence-corrected chi connectivity index (χ4v) is 1.43. The van der Waals surface area contributed by atoms with Crippen LogP contribution in [0, 0.1) is 11.8 Å². The molecule has 0 aromatic rings. The molecule has 0 saturated heterocycles. The van der Waals surface area contributed by atoms with Gasteiger partial charge in [0, 0.05) is 0 Å². The van der Waals surface area contributed by atoms with Crippen LogP contribution in [0.4, 0.5) is 0 Å². The summed E-state index contributed by atoms with van der Waals surface area (Å²) in [6, 6.07) is 0. The Labute approximate surface area is 94.3 Å². The van der Waals surface area contributed by atoms with E-state index in [1.165, 1.54) is 6.42 Å². The van der Waals surface area contributed by atoms with E-state index in [-0.39, 0.29) is 11.2 Å². The van der Waals surface area contributed by atoms with Crippen molar-refractivity contribution in [2.24, 2.45) is 11.8 Å². The summed E-state index contributed by atoms with van der Waals surface area (Å²) in [5, 5.41) is 0. The number of hydrogen-bond acceptors (Lipinski definition) is 2. The second-order valence-corrected chi connectivity index (χ2v) is 6.60. The second-order valence-electron chi connectivity index (χ2n) is 6.60. The van der Waals surface area contributed by atoms with Crippen LogP contribution in [0.25, 0.3) is 0 Å². The first-order chi connectivity index (χ1) is 6.67. The van der Waals surface area contributed by atoms with Crippen LogP contribution in [0.2, 0.25) is 0 Å². The molecule has 0 bridgehead atoms. The molecule has 0 aliphatic heterocycles. The normalized spacial score (nSPS) is 26.8. The Morgan fingerprint density at radius 2 is 1.13 bits per heavy atom. The predicted octanol–water partition coefficient (Wildman–Crippen LogP) is 3.25. The zero-order chi connectivity index (χ0) is 11.7. The van der Waals surface area contributed by atoms with Gasteiger partial charge in [0.15, 0.2) is 0 Å². The Kier molecular flexibility index (Phi) is 3.83. The minimum Gasteiger partial charge on any atom is -0.376 e. The molecule has 0 aromatic carbocycles.